The summed E-state index contributed by atoms with van der Waals surface area (Å²) in [5, 5.41) is 10.5. The van der Waals surface area contributed by atoms with Gasteiger partial charge in [0.05, 0.1) is 16.5 Å². The lowest BCUT2D eigenvalue weighted by Gasteiger charge is -1.99. The van der Waals surface area contributed by atoms with Crippen LogP contribution in [0, 0.1) is 17.0 Å². The molecule has 5 nitrogen and oxygen atoms in total. The average Bonchev–Trinajstić information content (AvgIpc) is 2.17. The number of halogens is 1. The fourth-order valence-corrected chi connectivity index (χ4v) is 1.17. The second-order valence-electron chi connectivity index (χ2n) is 2.96. The zero-order chi connectivity index (χ0) is 11.4. The molecule has 15 heavy (non-hydrogen) atoms. The van der Waals surface area contributed by atoms with E-state index in [0.717, 1.165) is 0 Å². The van der Waals surface area contributed by atoms with Crippen molar-refractivity contribution in [3.63, 3.8) is 0 Å². The number of nitro benzene ring substituents is 1. The van der Waals surface area contributed by atoms with Crippen molar-refractivity contribution in [1.29, 1.82) is 0 Å². The SMILES string of the molecule is Cc1cc(N=C(N)CCl)ccc1[N+](=O)[O-]. The van der Waals surface area contributed by atoms with Gasteiger partial charge in [-0.05, 0) is 19.1 Å². The quantitative estimate of drug-likeness (QED) is 0.282. The number of nitrogens with zero attached hydrogens (tertiary/aromatic N) is 2. The van der Waals surface area contributed by atoms with Crippen LogP contribution in [0.25, 0.3) is 0 Å². The Labute approximate surface area is 91.7 Å². The summed E-state index contributed by atoms with van der Waals surface area (Å²) in [5.41, 5.74) is 6.62. The van der Waals surface area contributed by atoms with E-state index in [2.05, 4.69) is 4.99 Å². The van der Waals surface area contributed by atoms with Gasteiger partial charge >= 0.3 is 0 Å². The number of aryl methyl sites for hydroxylation is 1. The third kappa shape index (κ3) is 2.92. The minimum Gasteiger partial charge on any atom is -0.386 e. The second-order valence-corrected chi connectivity index (χ2v) is 3.23. The van der Waals surface area contributed by atoms with Crippen molar-refractivity contribution in [3.05, 3.63) is 33.9 Å². The summed E-state index contributed by atoms with van der Waals surface area (Å²) in [7, 11) is 0. The van der Waals surface area contributed by atoms with Gasteiger partial charge in [0.25, 0.3) is 5.69 Å². The number of hydrogen-bond donors (Lipinski definition) is 1. The summed E-state index contributed by atoms with van der Waals surface area (Å²) < 4.78 is 0. The molecule has 0 aliphatic rings. The number of alkyl halides is 1. The highest BCUT2D eigenvalue weighted by molar-refractivity contribution is 6.28. The first-order chi connectivity index (χ1) is 7.04. The summed E-state index contributed by atoms with van der Waals surface area (Å²) in [6.07, 6.45) is 0. The van der Waals surface area contributed by atoms with E-state index in [1.807, 2.05) is 0 Å². The summed E-state index contributed by atoms with van der Waals surface area (Å²) in [6, 6.07) is 4.53. The fraction of sp³-hybridized carbons (Fsp3) is 0.222. The molecule has 0 bridgehead atoms. The van der Waals surface area contributed by atoms with Crippen molar-refractivity contribution in [2.75, 3.05) is 5.88 Å². The Bertz CT molecular complexity index is 418. The number of hydrogen-bond acceptors (Lipinski definition) is 3. The maximum absolute atomic E-state index is 10.5. The van der Waals surface area contributed by atoms with E-state index in [1.165, 1.54) is 12.1 Å². The Morgan fingerprint density at radius 2 is 2.33 bits per heavy atom. The molecular formula is C9H10ClN3O2. The van der Waals surface area contributed by atoms with E-state index in [0.29, 0.717) is 11.3 Å². The van der Waals surface area contributed by atoms with Crippen LogP contribution in [0.15, 0.2) is 23.2 Å². The van der Waals surface area contributed by atoms with Gasteiger partial charge in [0.15, 0.2) is 0 Å². The van der Waals surface area contributed by atoms with Crippen molar-refractivity contribution in [2.24, 2.45) is 10.7 Å². The highest BCUT2D eigenvalue weighted by Crippen LogP contribution is 2.23. The van der Waals surface area contributed by atoms with Gasteiger partial charge in [-0.15, -0.1) is 11.6 Å². The molecule has 0 aliphatic carbocycles. The van der Waals surface area contributed by atoms with E-state index >= 15 is 0 Å². The first kappa shape index (κ1) is 11.5. The minimum absolute atomic E-state index is 0.0680. The fourth-order valence-electron chi connectivity index (χ4n) is 1.11. The molecular weight excluding hydrogens is 218 g/mol. The molecule has 0 fully saturated rings. The number of amidine groups is 1. The van der Waals surface area contributed by atoms with Crippen molar-refractivity contribution in [1.82, 2.24) is 0 Å². The summed E-state index contributed by atoms with van der Waals surface area (Å²) >= 11 is 5.46. The Hall–Kier alpha value is -1.62. The van der Waals surface area contributed by atoms with Crippen molar-refractivity contribution in [2.45, 2.75) is 6.92 Å². The number of rotatable bonds is 3. The summed E-state index contributed by atoms with van der Waals surface area (Å²) in [6.45, 7) is 1.65. The average molecular weight is 228 g/mol. The monoisotopic (exact) mass is 227 g/mol. The Kier molecular flexibility index (Phi) is 3.62. The largest absolute Gasteiger partial charge is 0.386 e. The molecule has 0 saturated heterocycles. The van der Waals surface area contributed by atoms with Gasteiger partial charge < -0.3 is 5.73 Å². The van der Waals surface area contributed by atoms with E-state index in [-0.39, 0.29) is 17.4 Å². The molecule has 1 aromatic rings. The zero-order valence-electron chi connectivity index (χ0n) is 8.11. The van der Waals surface area contributed by atoms with Crippen LogP contribution in [0.2, 0.25) is 0 Å². The third-order valence-corrected chi connectivity index (χ3v) is 2.06. The standard InChI is InChI=1S/C9H10ClN3O2/c1-6-4-7(12-9(11)5-10)2-3-8(6)13(14)15/h2-4H,5H2,1H3,(H2,11,12). The molecule has 0 aliphatic heterocycles. The van der Waals surface area contributed by atoms with Gasteiger partial charge in [-0.2, -0.15) is 0 Å². The molecule has 0 radical (unpaired) electrons. The molecule has 2 N–H and O–H groups in total. The van der Waals surface area contributed by atoms with Crippen LogP contribution in [0.3, 0.4) is 0 Å². The summed E-state index contributed by atoms with van der Waals surface area (Å²) in [4.78, 5) is 14.1. The normalized spacial score (nSPS) is 11.5. The highest BCUT2D eigenvalue weighted by Gasteiger charge is 2.09. The van der Waals surface area contributed by atoms with Crippen molar-refractivity contribution in [3.8, 4) is 0 Å². The lowest BCUT2D eigenvalue weighted by molar-refractivity contribution is -0.385. The number of nitro groups is 1. The van der Waals surface area contributed by atoms with Crippen molar-refractivity contribution < 1.29 is 4.92 Å². The zero-order valence-corrected chi connectivity index (χ0v) is 8.86. The van der Waals surface area contributed by atoms with Gasteiger partial charge in [-0.3, -0.25) is 10.1 Å². The van der Waals surface area contributed by atoms with Crippen LogP contribution in [-0.2, 0) is 0 Å². The Balaban J connectivity index is 3.07. The topological polar surface area (TPSA) is 81.5 Å². The lowest BCUT2D eigenvalue weighted by atomic mass is 10.2. The van der Waals surface area contributed by atoms with E-state index in [4.69, 9.17) is 17.3 Å². The Morgan fingerprint density at radius 3 is 2.80 bits per heavy atom. The highest BCUT2D eigenvalue weighted by atomic mass is 35.5. The first-order valence-electron chi connectivity index (χ1n) is 4.18. The van der Waals surface area contributed by atoms with Gasteiger partial charge in [0.2, 0.25) is 0 Å². The van der Waals surface area contributed by atoms with Crippen LogP contribution < -0.4 is 5.73 Å². The first-order valence-corrected chi connectivity index (χ1v) is 4.72. The Morgan fingerprint density at radius 1 is 1.67 bits per heavy atom. The smallest absolute Gasteiger partial charge is 0.272 e. The van der Waals surface area contributed by atoms with Gasteiger partial charge in [-0.25, -0.2) is 4.99 Å². The van der Waals surface area contributed by atoms with E-state index in [9.17, 15) is 10.1 Å². The molecule has 0 amide bonds. The number of nitrogens with two attached hydrogens (primary N) is 1. The molecule has 1 rings (SSSR count). The molecule has 0 heterocycles. The molecule has 0 unspecified atom stereocenters. The third-order valence-electron chi connectivity index (χ3n) is 1.79. The molecule has 0 spiro atoms. The predicted octanol–water partition coefficient (Wildman–Crippen LogP) is 2.13. The second kappa shape index (κ2) is 4.75. The lowest BCUT2D eigenvalue weighted by Crippen LogP contribution is -2.12. The molecule has 0 atom stereocenters. The van der Waals surface area contributed by atoms with E-state index < -0.39 is 4.92 Å². The molecule has 80 valence electrons. The van der Waals surface area contributed by atoms with Gasteiger partial charge in [0.1, 0.15) is 5.84 Å². The van der Waals surface area contributed by atoms with Gasteiger partial charge in [-0.1, -0.05) is 0 Å². The molecule has 0 saturated carbocycles. The predicted molar refractivity (Wildman–Crippen MR) is 59.8 cm³/mol. The van der Waals surface area contributed by atoms with Crippen LogP contribution >= 0.6 is 11.6 Å². The maximum Gasteiger partial charge on any atom is 0.272 e. The van der Waals surface area contributed by atoms with Gasteiger partial charge in [0, 0.05) is 11.6 Å². The summed E-state index contributed by atoms with van der Waals surface area (Å²) in [5.74, 6) is 0.417. The van der Waals surface area contributed by atoms with Crippen LogP contribution in [0.5, 0.6) is 0 Å². The maximum atomic E-state index is 10.5. The molecule has 0 aromatic heterocycles. The van der Waals surface area contributed by atoms with Crippen LogP contribution in [0.1, 0.15) is 5.56 Å². The molecule has 1 aromatic carbocycles. The van der Waals surface area contributed by atoms with Crippen LogP contribution in [0.4, 0.5) is 11.4 Å². The number of benzene rings is 1. The molecule has 6 heteroatoms. The van der Waals surface area contributed by atoms with Crippen molar-refractivity contribution >= 4 is 28.8 Å². The van der Waals surface area contributed by atoms with E-state index in [1.54, 1.807) is 13.0 Å². The van der Waals surface area contributed by atoms with Crippen LogP contribution in [-0.4, -0.2) is 16.6 Å². The number of aliphatic imine (C=N–C) groups is 1. The minimum atomic E-state index is -0.437.